The third kappa shape index (κ3) is 60.6. The lowest BCUT2D eigenvalue weighted by Crippen LogP contribution is -2.30. The average molecular weight is 1040 g/mol. The van der Waals surface area contributed by atoms with Crippen LogP contribution in [0, 0.1) is 0 Å². The smallest absolute Gasteiger partial charge is 0.306 e. The number of unbranched alkanes of at least 4 members (excludes halogenated alkanes) is 24. The predicted molar refractivity (Wildman–Crippen MR) is 325 cm³/mol. The Morgan fingerprint density at radius 1 is 0.280 bits per heavy atom. The highest BCUT2D eigenvalue weighted by molar-refractivity contribution is 5.71. The minimum atomic E-state index is -0.814. The maximum absolute atomic E-state index is 12.9. The fourth-order valence-electron chi connectivity index (χ4n) is 8.28. The molecular weight excluding hydrogens is 925 g/mol. The summed E-state index contributed by atoms with van der Waals surface area (Å²) in [6.45, 7) is 6.46. The molecule has 0 spiro atoms. The summed E-state index contributed by atoms with van der Waals surface area (Å²) >= 11 is 0. The molecule has 75 heavy (non-hydrogen) atoms. The average Bonchev–Trinajstić information content (AvgIpc) is 3.41. The van der Waals surface area contributed by atoms with Gasteiger partial charge in [0.25, 0.3) is 0 Å². The Labute approximate surface area is 462 Å². The van der Waals surface area contributed by atoms with Crippen LogP contribution in [0.5, 0.6) is 0 Å². The highest BCUT2D eigenvalue weighted by atomic mass is 16.6. The normalized spacial score (nSPS) is 12.9. The Morgan fingerprint density at radius 3 is 0.893 bits per heavy atom. The predicted octanol–water partition coefficient (Wildman–Crippen LogP) is 21.2. The summed E-state index contributed by atoms with van der Waals surface area (Å²) in [5.74, 6) is -0.980. The van der Waals surface area contributed by atoms with Crippen LogP contribution in [0.2, 0.25) is 0 Å². The molecule has 0 N–H and O–H groups in total. The van der Waals surface area contributed by atoms with Crippen LogP contribution in [0.4, 0.5) is 0 Å². The number of rotatable bonds is 55. The number of esters is 3. The molecule has 0 saturated carbocycles. The van der Waals surface area contributed by atoms with Crippen LogP contribution in [0.3, 0.4) is 0 Å². The molecule has 0 aromatic heterocycles. The van der Waals surface area contributed by atoms with Gasteiger partial charge in [0.15, 0.2) is 6.10 Å². The van der Waals surface area contributed by atoms with Gasteiger partial charge in [-0.3, -0.25) is 14.4 Å². The molecule has 0 radical (unpaired) electrons. The van der Waals surface area contributed by atoms with E-state index in [1.54, 1.807) is 0 Å². The van der Waals surface area contributed by atoms with Crippen molar-refractivity contribution in [2.45, 2.75) is 284 Å². The molecule has 0 aromatic carbocycles. The molecule has 0 amide bonds. The van der Waals surface area contributed by atoms with Crippen molar-refractivity contribution in [3.05, 3.63) is 122 Å². The van der Waals surface area contributed by atoms with Crippen molar-refractivity contribution in [3.8, 4) is 0 Å². The number of ether oxygens (including phenoxy) is 3. The monoisotopic (exact) mass is 1040 g/mol. The minimum Gasteiger partial charge on any atom is -0.462 e. The number of hydrogen-bond acceptors (Lipinski definition) is 6. The molecule has 0 rings (SSSR count). The maximum Gasteiger partial charge on any atom is 0.306 e. The van der Waals surface area contributed by atoms with Gasteiger partial charge in [-0.2, -0.15) is 0 Å². The lowest BCUT2D eigenvalue weighted by molar-refractivity contribution is -0.167. The summed E-state index contributed by atoms with van der Waals surface area (Å²) in [5, 5.41) is 0. The summed E-state index contributed by atoms with van der Waals surface area (Å²) in [4.78, 5) is 38.3. The zero-order valence-electron chi connectivity index (χ0n) is 48.8. The Hall–Kier alpha value is -4.19. The lowest BCUT2D eigenvalue weighted by atomic mass is 10.1. The van der Waals surface area contributed by atoms with Gasteiger partial charge in [0.05, 0.1) is 0 Å². The van der Waals surface area contributed by atoms with Crippen molar-refractivity contribution < 1.29 is 28.6 Å². The first-order valence-corrected chi connectivity index (χ1v) is 31.0. The number of carbonyl (C=O) groups excluding carboxylic acids is 3. The van der Waals surface area contributed by atoms with E-state index in [0.29, 0.717) is 19.3 Å². The maximum atomic E-state index is 12.9. The van der Waals surface area contributed by atoms with Gasteiger partial charge in [0.1, 0.15) is 13.2 Å². The SMILES string of the molecule is CC/C=C\C/C=C\C/C=C\C/C=C\C/C=C\C/C=C\C/C=C\CCCC(=O)OCC(COC(=O)CCCCCCC/C=C\CCCCCCCCC)OC(=O)CCCCCCCCC/C=C\C/C=C\CCCCCC. The second-order valence-electron chi connectivity index (χ2n) is 20.2. The molecule has 0 aliphatic carbocycles. The zero-order chi connectivity index (χ0) is 54.3. The number of hydrogen-bond donors (Lipinski definition) is 0. The molecule has 6 nitrogen and oxygen atoms in total. The van der Waals surface area contributed by atoms with E-state index in [2.05, 4.69) is 142 Å². The molecule has 0 saturated heterocycles. The highest BCUT2D eigenvalue weighted by Crippen LogP contribution is 2.14. The van der Waals surface area contributed by atoms with Crippen LogP contribution in [0.15, 0.2) is 122 Å². The molecule has 0 aromatic rings. The second-order valence-corrected chi connectivity index (χ2v) is 20.2. The Kier molecular flexibility index (Phi) is 58.9. The van der Waals surface area contributed by atoms with Crippen LogP contribution < -0.4 is 0 Å². The van der Waals surface area contributed by atoms with Crippen molar-refractivity contribution in [2.75, 3.05) is 13.2 Å². The molecule has 0 aliphatic rings. The second kappa shape index (κ2) is 62.4. The molecular formula is C69H114O6. The summed E-state index contributed by atoms with van der Waals surface area (Å²) < 4.78 is 16.9. The first kappa shape index (κ1) is 70.8. The van der Waals surface area contributed by atoms with E-state index in [1.165, 1.54) is 116 Å². The molecule has 0 fully saturated rings. The Bertz CT molecular complexity index is 1570. The van der Waals surface area contributed by atoms with Crippen LogP contribution in [0.1, 0.15) is 278 Å². The fourth-order valence-corrected chi connectivity index (χ4v) is 8.28. The van der Waals surface area contributed by atoms with Gasteiger partial charge >= 0.3 is 17.9 Å². The topological polar surface area (TPSA) is 78.9 Å². The minimum absolute atomic E-state index is 0.106. The summed E-state index contributed by atoms with van der Waals surface area (Å²) in [5.41, 5.74) is 0. The zero-order valence-corrected chi connectivity index (χ0v) is 48.8. The molecule has 0 bridgehead atoms. The van der Waals surface area contributed by atoms with Gasteiger partial charge in [0, 0.05) is 19.3 Å². The molecule has 426 valence electrons. The van der Waals surface area contributed by atoms with Crippen molar-refractivity contribution in [1.29, 1.82) is 0 Å². The van der Waals surface area contributed by atoms with Gasteiger partial charge < -0.3 is 14.2 Å². The van der Waals surface area contributed by atoms with E-state index in [9.17, 15) is 14.4 Å². The van der Waals surface area contributed by atoms with E-state index in [0.717, 1.165) is 116 Å². The van der Waals surface area contributed by atoms with Crippen LogP contribution in [0.25, 0.3) is 0 Å². The van der Waals surface area contributed by atoms with Gasteiger partial charge in [0.2, 0.25) is 0 Å². The molecule has 1 atom stereocenters. The first-order valence-electron chi connectivity index (χ1n) is 31.0. The van der Waals surface area contributed by atoms with Crippen molar-refractivity contribution in [1.82, 2.24) is 0 Å². The van der Waals surface area contributed by atoms with Gasteiger partial charge in [-0.05, 0) is 128 Å². The summed E-state index contributed by atoms with van der Waals surface area (Å²) in [6.07, 6.45) is 86.2. The number of carbonyl (C=O) groups is 3. The fraction of sp³-hybridized carbons (Fsp3) is 0.667. The van der Waals surface area contributed by atoms with E-state index in [-0.39, 0.29) is 37.5 Å². The highest BCUT2D eigenvalue weighted by Gasteiger charge is 2.19. The van der Waals surface area contributed by atoms with Gasteiger partial charge in [-0.15, -0.1) is 0 Å². The standard InChI is InChI=1S/C69H114O6/c1-4-7-10-13-16-19-22-25-28-31-33-34-35-36-37-39-41-44-47-50-53-56-59-62-68(71)74-65-66(64-73-67(70)61-58-55-52-49-46-43-40-30-27-24-21-18-15-12-9-6-3)75-69(72)63-60-57-54-51-48-45-42-38-32-29-26-23-20-17-14-11-8-5-2/h7,10,16,19-20,23,25,28-30,32-34,36-37,40-41,44,50,53,66H,4-6,8-9,11-15,17-18,21-22,24,26-27,31,35,38-39,42-43,45-49,51-52,54-65H2,1-3H3/b10-7-,19-16-,23-20-,28-25-,32-29-,34-33-,37-36-,40-30-,44-41-,53-50-. The molecule has 0 heterocycles. The third-order valence-corrected chi connectivity index (χ3v) is 12.9. The third-order valence-electron chi connectivity index (χ3n) is 12.9. The molecule has 1 unspecified atom stereocenters. The van der Waals surface area contributed by atoms with E-state index in [4.69, 9.17) is 14.2 Å². The Balaban J connectivity index is 4.52. The van der Waals surface area contributed by atoms with Gasteiger partial charge in [-0.25, -0.2) is 0 Å². The van der Waals surface area contributed by atoms with E-state index < -0.39 is 6.10 Å². The van der Waals surface area contributed by atoms with E-state index >= 15 is 0 Å². The van der Waals surface area contributed by atoms with Crippen molar-refractivity contribution in [3.63, 3.8) is 0 Å². The van der Waals surface area contributed by atoms with E-state index in [1.807, 2.05) is 0 Å². The first-order chi connectivity index (χ1) is 37.0. The quantitative estimate of drug-likeness (QED) is 0.0261. The molecule has 0 aliphatic heterocycles. The van der Waals surface area contributed by atoms with Crippen molar-refractivity contribution >= 4 is 17.9 Å². The molecule has 6 heteroatoms. The van der Waals surface area contributed by atoms with Crippen LogP contribution >= 0.6 is 0 Å². The Morgan fingerprint density at radius 2 is 0.533 bits per heavy atom. The largest absolute Gasteiger partial charge is 0.462 e. The summed E-state index contributed by atoms with van der Waals surface area (Å²) in [7, 11) is 0. The van der Waals surface area contributed by atoms with Gasteiger partial charge in [-0.1, -0.05) is 251 Å². The van der Waals surface area contributed by atoms with Crippen molar-refractivity contribution in [2.24, 2.45) is 0 Å². The summed E-state index contributed by atoms with van der Waals surface area (Å²) in [6, 6.07) is 0. The van der Waals surface area contributed by atoms with Crippen LogP contribution in [-0.2, 0) is 28.6 Å². The number of allylic oxidation sites excluding steroid dienone is 20. The van der Waals surface area contributed by atoms with Crippen LogP contribution in [-0.4, -0.2) is 37.2 Å². The lowest BCUT2D eigenvalue weighted by Gasteiger charge is -2.18.